The Bertz CT molecular complexity index is 1010. The first-order valence-electron chi connectivity index (χ1n) is 9.80. The van der Waals surface area contributed by atoms with Crippen LogP contribution in [0, 0.1) is 12.7 Å². The number of carbonyl (C=O) groups excluding carboxylic acids is 1. The van der Waals surface area contributed by atoms with Gasteiger partial charge in [0, 0.05) is 36.5 Å². The molecule has 29 heavy (non-hydrogen) atoms. The van der Waals surface area contributed by atoms with Crippen LogP contribution in [-0.2, 0) is 0 Å². The Kier molecular flexibility index (Phi) is 5.51. The Morgan fingerprint density at radius 3 is 2.79 bits per heavy atom. The third-order valence-electron chi connectivity index (χ3n) is 5.17. The molecule has 1 fully saturated rings. The number of benzene rings is 2. The van der Waals surface area contributed by atoms with Gasteiger partial charge in [0.25, 0.3) is 5.91 Å². The number of piperidine rings is 1. The van der Waals surface area contributed by atoms with Crippen molar-refractivity contribution in [3.63, 3.8) is 0 Å². The van der Waals surface area contributed by atoms with Gasteiger partial charge in [0.05, 0.1) is 5.69 Å². The number of nitrogens with zero attached hydrogens (tertiary/aromatic N) is 3. The number of nitrogens with one attached hydrogen (secondary N) is 1. The number of amides is 1. The molecule has 148 valence electrons. The molecule has 0 unspecified atom stereocenters. The van der Waals surface area contributed by atoms with Crippen molar-refractivity contribution >= 4 is 17.5 Å². The molecule has 0 aliphatic carbocycles. The molecule has 4 rings (SSSR count). The molecular weight excluding hydrogens is 367 g/mol. The van der Waals surface area contributed by atoms with Gasteiger partial charge in [0.2, 0.25) is 5.95 Å². The Morgan fingerprint density at radius 2 is 2.00 bits per heavy atom. The number of carbonyl (C=O) groups is 1. The van der Waals surface area contributed by atoms with Gasteiger partial charge in [-0.25, -0.2) is 14.4 Å². The summed E-state index contributed by atoms with van der Waals surface area (Å²) >= 11 is 0. The van der Waals surface area contributed by atoms with E-state index in [0.717, 1.165) is 41.9 Å². The van der Waals surface area contributed by atoms with Crippen LogP contribution in [0.3, 0.4) is 0 Å². The van der Waals surface area contributed by atoms with E-state index in [1.165, 1.54) is 12.1 Å². The molecule has 5 nitrogen and oxygen atoms in total. The smallest absolute Gasteiger partial charge is 0.253 e. The van der Waals surface area contributed by atoms with E-state index in [0.29, 0.717) is 12.5 Å². The van der Waals surface area contributed by atoms with Gasteiger partial charge >= 0.3 is 0 Å². The van der Waals surface area contributed by atoms with Crippen LogP contribution in [-0.4, -0.2) is 33.9 Å². The highest BCUT2D eigenvalue weighted by atomic mass is 19.1. The van der Waals surface area contributed by atoms with Crippen LogP contribution in [0.5, 0.6) is 0 Å². The standard InChI is InChI=1S/C23H23FN4O/c1-16-4-2-5-17(14-16)22(29)28-13-3-6-18(15-28)21-11-12-25-23(27-21)26-20-9-7-19(24)8-10-20/h2,4-5,7-12,14,18H,3,6,13,15H2,1H3,(H,25,26,27)/t18-/m0/s1. The molecule has 1 atom stereocenters. The molecule has 6 heteroatoms. The van der Waals surface area contributed by atoms with Gasteiger partial charge in [-0.15, -0.1) is 0 Å². The molecule has 1 aliphatic heterocycles. The zero-order chi connectivity index (χ0) is 20.2. The van der Waals surface area contributed by atoms with Crippen LogP contribution in [0.2, 0.25) is 0 Å². The third-order valence-corrected chi connectivity index (χ3v) is 5.17. The maximum Gasteiger partial charge on any atom is 0.253 e. The third kappa shape index (κ3) is 4.59. The van der Waals surface area contributed by atoms with Gasteiger partial charge in [-0.1, -0.05) is 17.7 Å². The van der Waals surface area contributed by atoms with E-state index >= 15 is 0 Å². The number of hydrogen-bond donors (Lipinski definition) is 1. The summed E-state index contributed by atoms with van der Waals surface area (Å²) in [4.78, 5) is 23.7. The van der Waals surface area contributed by atoms with Crippen LogP contribution < -0.4 is 5.32 Å². The number of aryl methyl sites for hydroxylation is 1. The Morgan fingerprint density at radius 1 is 1.17 bits per heavy atom. The SMILES string of the molecule is Cc1cccc(C(=O)N2CCC[C@H](c3ccnc(Nc4ccc(F)cc4)n3)C2)c1. The minimum absolute atomic E-state index is 0.0668. The van der Waals surface area contributed by atoms with Crippen molar-refractivity contribution in [3.05, 3.63) is 83.4 Å². The zero-order valence-corrected chi connectivity index (χ0v) is 16.3. The highest BCUT2D eigenvalue weighted by Gasteiger charge is 2.26. The lowest BCUT2D eigenvalue weighted by Crippen LogP contribution is -2.39. The molecule has 3 aromatic rings. The predicted octanol–water partition coefficient (Wildman–Crippen LogP) is 4.69. The molecule has 1 aliphatic rings. The second-order valence-electron chi connectivity index (χ2n) is 7.40. The zero-order valence-electron chi connectivity index (χ0n) is 16.3. The Labute approximate surface area is 169 Å². The summed E-state index contributed by atoms with van der Waals surface area (Å²) in [5.41, 5.74) is 3.44. The molecule has 1 saturated heterocycles. The highest BCUT2D eigenvalue weighted by Crippen LogP contribution is 2.27. The van der Waals surface area contributed by atoms with Crippen LogP contribution in [0.15, 0.2) is 60.8 Å². The first-order chi connectivity index (χ1) is 14.1. The Hall–Kier alpha value is -3.28. The molecule has 0 saturated carbocycles. The van der Waals surface area contributed by atoms with Gasteiger partial charge in [-0.05, 0) is 62.2 Å². The highest BCUT2D eigenvalue weighted by molar-refractivity contribution is 5.94. The van der Waals surface area contributed by atoms with Crippen molar-refractivity contribution in [2.75, 3.05) is 18.4 Å². The van der Waals surface area contributed by atoms with Crippen molar-refractivity contribution in [2.45, 2.75) is 25.7 Å². The first-order valence-corrected chi connectivity index (χ1v) is 9.80. The largest absolute Gasteiger partial charge is 0.338 e. The molecule has 0 spiro atoms. The number of halogens is 1. The lowest BCUT2D eigenvalue weighted by molar-refractivity contribution is 0.0706. The monoisotopic (exact) mass is 390 g/mol. The lowest BCUT2D eigenvalue weighted by Gasteiger charge is -2.32. The van der Waals surface area contributed by atoms with E-state index < -0.39 is 0 Å². The maximum absolute atomic E-state index is 13.1. The average molecular weight is 390 g/mol. The summed E-state index contributed by atoms with van der Waals surface area (Å²) < 4.78 is 13.1. The average Bonchev–Trinajstić information content (AvgIpc) is 2.75. The second-order valence-corrected chi connectivity index (χ2v) is 7.40. The van der Waals surface area contributed by atoms with E-state index in [4.69, 9.17) is 0 Å². The molecule has 1 amide bonds. The number of rotatable bonds is 4. The topological polar surface area (TPSA) is 58.1 Å². The van der Waals surface area contributed by atoms with E-state index in [-0.39, 0.29) is 17.6 Å². The van der Waals surface area contributed by atoms with Gasteiger partial charge in [0.1, 0.15) is 5.82 Å². The van der Waals surface area contributed by atoms with Crippen LogP contribution in [0.4, 0.5) is 16.0 Å². The molecule has 0 radical (unpaired) electrons. The fourth-order valence-electron chi connectivity index (χ4n) is 3.69. The predicted molar refractivity (Wildman–Crippen MR) is 111 cm³/mol. The summed E-state index contributed by atoms with van der Waals surface area (Å²) in [6.07, 6.45) is 3.63. The molecular formula is C23H23FN4O. The number of aromatic nitrogens is 2. The summed E-state index contributed by atoms with van der Waals surface area (Å²) in [5.74, 6) is 0.411. The molecule has 0 bridgehead atoms. The summed E-state index contributed by atoms with van der Waals surface area (Å²) in [7, 11) is 0. The molecule has 2 aromatic carbocycles. The van der Waals surface area contributed by atoms with Crippen molar-refractivity contribution in [1.29, 1.82) is 0 Å². The Balaban J connectivity index is 1.48. The summed E-state index contributed by atoms with van der Waals surface area (Å²) in [6, 6.07) is 15.7. The molecule has 1 aromatic heterocycles. The van der Waals surface area contributed by atoms with Crippen LogP contribution >= 0.6 is 0 Å². The maximum atomic E-state index is 13.1. The van der Waals surface area contributed by atoms with Crippen molar-refractivity contribution in [3.8, 4) is 0 Å². The molecule has 1 N–H and O–H groups in total. The van der Waals surface area contributed by atoms with Gasteiger partial charge in [-0.3, -0.25) is 4.79 Å². The van der Waals surface area contributed by atoms with Crippen LogP contribution in [0.25, 0.3) is 0 Å². The van der Waals surface area contributed by atoms with E-state index in [9.17, 15) is 9.18 Å². The first kappa shape index (κ1) is 19.1. The number of likely N-dealkylation sites (tertiary alicyclic amines) is 1. The fourth-order valence-corrected chi connectivity index (χ4v) is 3.69. The summed E-state index contributed by atoms with van der Waals surface area (Å²) in [6.45, 7) is 3.39. The van der Waals surface area contributed by atoms with Gasteiger partial charge in [0.15, 0.2) is 0 Å². The minimum atomic E-state index is -0.286. The summed E-state index contributed by atoms with van der Waals surface area (Å²) in [5, 5.41) is 3.11. The second kappa shape index (κ2) is 8.39. The van der Waals surface area contributed by atoms with E-state index in [1.54, 1.807) is 18.3 Å². The van der Waals surface area contributed by atoms with Crippen molar-refractivity contribution < 1.29 is 9.18 Å². The van der Waals surface area contributed by atoms with Crippen molar-refractivity contribution in [2.24, 2.45) is 0 Å². The van der Waals surface area contributed by atoms with Crippen LogP contribution in [0.1, 0.15) is 40.4 Å². The van der Waals surface area contributed by atoms with E-state index in [2.05, 4.69) is 15.3 Å². The quantitative estimate of drug-likeness (QED) is 0.702. The van der Waals surface area contributed by atoms with Crippen molar-refractivity contribution in [1.82, 2.24) is 14.9 Å². The van der Waals surface area contributed by atoms with Gasteiger partial charge in [-0.2, -0.15) is 0 Å². The fraction of sp³-hybridized carbons (Fsp3) is 0.261. The lowest BCUT2D eigenvalue weighted by atomic mass is 9.94. The minimum Gasteiger partial charge on any atom is -0.338 e. The van der Waals surface area contributed by atoms with E-state index in [1.807, 2.05) is 42.2 Å². The number of hydrogen-bond acceptors (Lipinski definition) is 4. The number of anilines is 2. The van der Waals surface area contributed by atoms with Gasteiger partial charge < -0.3 is 10.2 Å². The normalized spacial score (nSPS) is 16.5. The molecule has 2 heterocycles.